The molecule has 1 N–H and O–H groups in total. The van der Waals surface area contributed by atoms with Crippen molar-refractivity contribution in [2.45, 2.75) is 20.0 Å². The van der Waals surface area contributed by atoms with E-state index in [2.05, 4.69) is 5.32 Å². The number of nitrogens with zero attached hydrogens (tertiary/aromatic N) is 2. The number of rotatable bonds is 6. The van der Waals surface area contributed by atoms with E-state index in [0.717, 1.165) is 5.56 Å². The molecule has 1 amide bonds. The fourth-order valence-electron chi connectivity index (χ4n) is 2.22. The molecule has 0 fully saturated rings. The molecule has 2 rings (SSSR count). The second kappa shape index (κ2) is 9.09. The summed E-state index contributed by atoms with van der Waals surface area (Å²) in [5, 5.41) is 22.6. The summed E-state index contributed by atoms with van der Waals surface area (Å²) in [7, 11) is 0. The van der Waals surface area contributed by atoms with Gasteiger partial charge in [-0.15, -0.1) is 0 Å². The number of nitro benzene ring substituents is 1. The number of carbonyl (C=O) groups excluding carboxylic acids is 2. The van der Waals surface area contributed by atoms with Gasteiger partial charge in [0, 0.05) is 6.07 Å². The minimum Gasteiger partial charge on any atom is -0.448 e. The molecule has 0 aromatic heterocycles. The van der Waals surface area contributed by atoms with Crippen molar-refractivity contribution in [2.75, 3.05) is 5.32 Å². The number of hydrogen-bond donors (Lipinski definition) is 1. The average molecular weight is 379 g/mol. The summed E-state index contributed by atoms with van der Waals surface area (Å²) in [4.78, 5) is 34.8. The van der Waals surface area contributed by atoms with E-state index >= 15 is 0 Å². The number of carbonyl (C=O) groups is 2. The first kappa shape index (κ1) is 20.3. The Morgan fingerprint density at radius 3 is 2.46 bits per heavy atom. The Labute approximate surface area is 161 Å². The molecule has 2 aromatic carbocycles. The van der Waals surface area contributed by atoms with E-state index in [-0.39, 0.29) is 16.9 Å². The van der Waals surface area contributed by atoms with Crippen molar-refractivity contribution >= 4 is 29.3 Å². The van der Waals surface area contributed by atoms with Crippen molar-refractivity contribution in [3.8, 4) is 6.07 Å². The molecule has 0 unspecified atom stereocenters. The molecular formula is C20H17N3O5. The first-order valence-electron chi connectivity index (χ1n) is 8.25. The molecule has 1 atom stereocenters. The summed E-state index contributed by atoms with van der Waals surface area (Å²) in [6, 6.07) is 14.5. The zero-order chi connectivity index (χ0) is 20.7. The molecule has 0 aliphatic rings. The standard InChI is InChI=1S/C20H17N3O5/c1-13-7-9-15(10-8-13)11-16(12-21)20(25)28-14(2)19(24)22-17-5-3-4-6-18(17)23(26)27/h3-11,14H,1-2H3,(H,22,24)/b16-11+/t14-/m0/s1. The van der Waals surface area contributed by atoms with Crippen molar-refractivity contribution in [3.63, 3.8) is 0 Å². The maximum atomic E-state index is 12.2. The lowest BCUT2D eigenvalue weighted by Crippen LogP contribution is -2.30. The minimum absolute atomic E-state index is 0.0175. The Morgan fingerprint density at radius 2 is 1.86 bits per heavy atom. The number of esters is 1. The molecule has 8 heteroatoms. The summed E-state index contributed by atoms with van der Waals surface area (Å²) in [5.41, 5.74) is 1.09. The van der Waals surface area contributed by atoms with Crippen LogP contribution in [-0.4, -0.2) is 22.9 Å². The van der Waals surface area contributed by atoms with Crippen molar-refractivity contribution in [1.82, 2.24) is 0 Å². The van der Waals surface area contributed by atoms with Crippen LogP contribution in [-0.2, 0) is 14.3 Å². The van der Waals surface area contributed by atoms with Crippen molar-refractivity contribution in [2.24, 2.45) is 0 Å². The number of aryl methyl sites for hydroxylation is 1. The van der Waals surface area contributed by atoms with Crippen LogP contribution in [0.25, 0.3) is 6.08 Å². The number of nitriles is 1. The molecule has 0 spiro atoms. The molecule has 2 aromatic rings. The molecule has 0 radical (unpaired) electrons. The predicted molar refractivity (Wildman–Crippen MR) is 102 cm³/mol. The number of nitro groups is 1. The van der Waals surface area contributed by atoms with Gasteiger partial charge < -0.3 is 10.1 Å². The van der Waals surface area contributed by atoms with Gasteiger partial charge in [-0.25, -0.2) is 4.79 Å². The summed E-state index contributed by atoms with van der Waals surface area (Å²) >= 11 is 0. The van der Waals surface area contributed by atoms with E-state index in [4.69, 9.17) is 4.74 Å². The van der Waals surface area contributed by atoms with Crippen LogP contribution in [0.4, 0.5) is 11.4 Å². The molecule has 0 bridgehead atoms. The Kier molecular flexibility index (Phi) is 6.60. The second-order valence-electron chi connectivity index (χ2n) is 5.89. The van der Waals surface area contributed by atoms with E-state index in [1.807, 2.05) is 19.1 Å². The van der Waals surface area contributed by atoms with Crippen LogP contribution in [0.15, 0.2) is 54.1 Å². The fourth-order valence-corrected chi connectivity index (χ4v) is 2.22. The predicted octanol–water partition coefficient (Wildman–Crippen LogP) is 3.38. The molecule has 0 aliphatic heterocycles. The third kappa shape index (κ3) is 5.25. The lowest BCUT2D eigenvalue weighted by atomic mass is 10.1. The first-order chi connectivity index (χ1) is 13.3. The summed E-state index contributed by atoms with van der Waals surface area (Å²) in [6.07, 6.45) is 0.0936. The fraction of sp³-hybridized carbons (Fsp3) is 0.150. The average Bonchev–Trinajstić information content (AvgIpc) is 2.67. The maximum absolute atomic E-state index is 12.2. The van der Waals surface area contributed by atoms with E-state index in [9.17, 15) is 25.0 Å². The quantitative estimate of drug-likeness (QED) is 0.270. The highest BCUT2D eigenvalue weighted by molar-refractivity contribution is 6.01. The largest absolute Gasteiger partial charge is 0.448 e. The number of amides is 1. The summed E-state index contributed by atoms with van der Waals surface area (Å²) in [6.45, 7) is 3.22. The van der Waals surface area contributed by atoms with Crippen LogP contribution in [0, 0.1) is 28.4 Å². The number of nitrogens with one attached hydrogen (secondary N) is 1. The van der Waals surface area contributed by atoms with Gasteiger partial charge in [0.25, 0.3) is 11.6 Å². The molecule has 0 saturated heterocycles. The van der Waals surface area contributed by atoms with E-state index in [0.29, 0.717) is 5.56 Å². The molecule has 8 nitrogen and oxygen atoms in total. The van der Waals surface area contributed by atoms with Crippen LogP contribution >= 0.6 is 0 Å². The smallest absolute Gasteiger partial charge is 0.349 e. The third-order valence-corrected chi connectivity index (χ3v) is 3.74. The molecule has 142 valence electrons. The zero-order valence-corrected chi connectivity index (χ0v) is 15.2. The van der Waals surface area contributed by atoms with Gasteiger partial charge in [-0.3, -0.25) is 14.9 Å². The number of benzene rings is 2. The SMILES string of the molecule is Cc1ccc(/C=C(\C#N)C(=O)O[C@@H](C)C(=O)Nc2ccccc2[N+](=O)[O-])cc1. The van der Waals surface area contributed by atoms with Crippen LogP contribution in [0.2, 0.25) is 0 Å². The first-order valence-corrected chi connectivity index (χ1v) is 8.25. The highest BCUT2D eigenvalue weighted by Crippen LogP contribution is 2.23. The molecule has 0 saturated carbocycles. The zero-order valence-electron chi connectivity index (χ0n) is 15.2. The topological polar surface area (TPSA) is 122 Å². The Hall–Kier alpha value is -3.99. The summed E-state index contributed by atoms with van der Waals surface area (Å²) in [5.74, 6) is -1.72. The Bertz CT molecular complexity index is 974. The van der Waals surface area contributed by atoms with Gasteiger partial charge in [-0.2, -0.15) is 5.26 Å². The van der Waals surface area contributed by atoms with Gasteiger partial charge in [0.2, 0.25) is 0 Å². The Balaban J connectivity index is 2.08. The van der Waals surface area contributed by atoms with E-state index in [1.165, 1.54) is 37.3 Å². The highest BCUT2D eigenvalue weighted by atomic mass is 16.6. The Morgan fingerprint density at radius 1 is 1.21 bits per heavy atom. The van der Waals surface area contributed by atoms with Crippen LogP contribution in [0.3, 0.4) is 0 Å². The summed E-state index contributed by atoms with van der Waals surface area (Å²) < 4.78 is 5.02. The molecular weight excluding hydrogens is 362 g/mol. The van der Waals surface area contributed by atoms with Crippen LogP contribution in [0.1, 0.15) is 18.1 Å². The van der Waals surface area contributed by atoms with E-state index in [1.54, 1.807) is 18.2 Å². The van der Waals surface area contributed by atoms with Gasteiger partial charge in [0.05, 0.1) is 4.92 Å². The van der Waals surface area contributed by atoms with Gasteiger partial charge in [0.1, 0.15) is 17.3 Å². The van der Waals surface area contributed by atoms with E-state index < -0.39 is 22.9 Å². The molecule has 0 aliphatic carbocycles. The number of para-hydroxylation sites is 2. The van der Waals surface area contributed by atoms with Crippen molar-refractivity contribution < 1.29 is 19.2 Å². The van der Waals surface area contributed by atoms with Crippen LogP contribution in [0.5, 0.6) is 0 Å². The minimum atomic E-state index is -1.26. The molecule has 0 heterocycles. The van der Waals surface area contributed by atoms with Crippen LogP contribution < -0.4 is 5.32 Å². The van der Waals surface area contributed by atoms with Gasteiger partial charge in [-0.1, -0.05) is 42.0 Å². The highest BCUT2D eigenvalue weighted by Gasteiger charge is 2.23. The third-order valence-electron chi connectivity index (χ3n) is 3.74. The number of anilines is 1. The van der Waals surface area contributed by atoms with Gasteiger partial charge in [0.15, 0.2) is 6.10 Å². The number of hydrogen-bond acceptors (Lipinski definition) is 6. The second-order valence-corrected chi connectivity index (χ2v) is 5.89. The number of ether oxygens (including phenoxy) is 1. The van der Waals surface area contributed by atoms with Crippen molar-refractivity contribution in [1.29, 1.82) is 5.26 Å². The van der Waals surface area contributed by atoms with Gasteiger partial charge in [-0.05, 0) is 31.6 Å². The lowest BCUT2D eigenvalue weighted by molar-refractivity contribution is -0.383. The van der Waals surface area contributed by atoms with Gasteiger partial charge >= 0.3 is 5.97 Å². The lowest BCUT2D eigenvalue weighted by Gasteiger charge is -2.13. The monoisotopic (exact) mass is 379 g/mol. The normalized spacial score (nSPS) is 11.8. The molecule has 28 heavy (non-hydrogen) atoms. The van der Waals surface area contributed by atoms with Crippen molar-refractivity contribution in [3.05, 3.63) is 75.3 Å². The maximum Gasteiger partial charge on any atom is 0.349 e.